The number of hydrogen-bond donors (Lipinski definition) is 0. The lowest BCUT2D eigenvalue weighted by Crippen LogP contribution is -2.55. The van der Waals surface area contributed by atoms with Crippen LogP contribution in [0.5, 0.6) is 0 Å². The van der Waals surface area contributed by atoms with Crippen molar-refractivity contribution in [1.29, 1.82) is 5.26 Å². The summed E-state index contributed by atoms with van der Waals surface area (Å²) in [6.07, 6.45) is 6.79. The van der Waals surface area contributed by atoms with Crippen LogP contribution in [0.1, 0.15) is 32.3 Å². The van der Waals surface area contributed by atoms with Gasteiger partial charge >= 0.3 is 0 Å². The quantitative estimate of drug-likeness (QED) is 0.419. The molecule has 6 rings (SSSR count). The first-order valence-electron chi connectivity index (χ1n) is 12.4. The molecule has 8 nitrogen and oxygen atoms in total. The summed E-state index contributed by atoms with van der Waals surface area (Å²) in [5, 5.41) is 10.1. The van der Waals surface area contributed by atoms with Crippen LogP contribution in [0.25, 0.3) is 28.0 Å². The number of anilines is 1. The number of fused-ring (bicyclic) bond motifs is 1. The van der Waals surface area contributed by atoms with Crippen LogP contribution >= 0.6 is 0 Å². The number of aromatic nitrogens is 4. The summed E-state index contributed by atoms with van der Waals surface area (Å²) in [6, 6.07) is 12.1. The highest BCUT2D eigenvalue weighted by molar-refractivity contribution is 6.02. The summed E-state index contributed by atoms with van der Waals surface area (Å²) in [4.78, 5) is 30.8. The molecule has 0 N–H and O–H groups in total. The summed E-state index contributed by atoms with van der Waals surface area (Å²) < 4.78 is 16.9. The van der Waals surface area contributed by atoms with Gasteiger partial charge in [0.25, 0.3) is 0 Å². The Morgan fingerprint density at radius 3 is 2.68 bits per heavy atom. The number of nitriles is 1. The zero-order valence-electron chi connectivity index (χ0n) is 20.7. The fourth-order valence-electron chi connectivity index (χ4n) is 5.18. The van der Waals surface area contributed by atoms with Crippen molar-refractivity contribution in [3.05, 3.63) is 66.5 Å². The van der Waals surface area contributed by atoms with Gasteiger partial charge in [-0.25, -0.2) is 19.3 Å². The molecule has 4 aromatic rings. The Kier molecular flexibility index (Phi) is 5.41. The van der Waals surface area contributed by atoms with Crippen molar-refractivity contribution in [3.63, 3.8) is 0 Å². The van der Waals surface area contributed by atoms with Crippen molar-refractivity contribution in [2.45, 2.75) is 32.7 Å². The van der Waals surface area contributed by atoms with E-state index in [4.69, 9.17) is 0 Å². The smallest absolute Gasteiger partial charge is 0.228 e. The van der Waals surface area contributed by atoms with Gasteiger partial charge in [0, 0.05) is 54.6 Å². The van der Waals surface area contributed by atoms with Gasteiger partial charge in [-0.1, -0.05) is 25.1 Å². The predicted octanol–water partition coefficient (Wildman–Crippen LogP) is 4.33. The molecule has 37 heavy (non-hydrogen) atoms. The molecule has 1 aromatic carbocycles. The van der Waals surface area contributed by atoms with Gasteiger partial charge in [-0.15, -0.1) is 0 Å². The Hall–Kier alpha value is -4.32. The summed E-state index contributed by atoms with van der Waals surface area (Å²) in [5.41, 5.74) is 1.91. The fourth-order valence-corrected chi connectivity index (χ4v) is 5.18. The van der Waals surface area contributed by atoms with E-state index in [1.807, 2.05) is 18.0 Å². The lowest BCUT2D eigenvalue weighted by Gasteiger charge is -2.41. The number of amides is 1. The Labute approximate surface area is 214 Å². The highest BCUT2D eigenvalue weighted by Crippen LogP contribution is 2.47. The van der Waals surface area contributed by atoms with E-state index < -0.39 is 0 Å². The molecule has 1 saturated heterocycles. The second kappa shape index (κ2) is 8.66. The molecular weight excluding hydrogens is 469 g/mol. The van der Waals surface area contributed by atoms with Crippen LogP contribution in [0, 0.1) is 22.6 Å². The standard InChI is InChI=1S/C28H26FN7O/c1-18-15-34(27(37)28(2)8-9-28)11-12-35(18)25-24-21(20-5-3-4-6-22(20)29)16-36(26(24)33-17-32-25)23-13-19(14-30)7-10-31-23/h3-7,10,13,16-18H,8-9,11-12,15H2,1-2H3/t18-/m0/s1. The maximum atomic E-state index is 15.1. The third-order valence-electron chi connectivity index (χ3n) is 7.55. The van der Waals surface area contributed by atoms with E-state index in [-0.39, 0.29) is 23.2 Å². The molecule has 1 aliphatic carbocycles. The van der Waals surface area contributed by atoms with Crippen molar-refractivity contribution in [1.82, 2.24) is 24.4 Å². The number of nitrogens with zero attached hydrogens (tertiary/aromatic N) is 7. The maximum absolute atomic E-state index is 15.1. The summed E-state index contributed by atoms with van der Waals surface area (Å²) in [5.74, 6) is 1.08. The van der Waals surface area contributed by atoms with Crippen LogP contribution in [-0.2, 0) is 4.79 Å². The minimum Gasteiger partial charge on any atom is -0.350 e. The molecule has 0 unspecified atom stereocenters. The number of carbonyl (C=O) groups is 1. The Bertz CT molecular complexity index is 1570. The number of carbonyl (C=O) groups excluding carboxylic acids is 1. The third-order valence-corrected chi connectivity index (χ3v) is 7.55. The summed E-state index contributed by atoms with van der Waals surface area (Å²) >= 11 is 0. The zero-order chi connectivity index (χ0) is 25.7. The van der Waals surface area contributed by atoms with Gasteiger partial charge in [-0.3, -0.25) is 9.36 Å². The molecular formula is C28H26FN7O. The van der Waals surface area contributed by atoms with Crippen LogP contribution in [0.4, 0.5) is 10.2 Å². The Morgan fingerprint density at radius 2 is 1.95 bits per heavy atom. The summed E-state index contributed by atoms with van der Waals surface area (Å²) in [6.45, 7) is 5.94. The van der Waals surface area contributed by atoms with Crippen LogP contribution < -0.4 is 4.90 Å². The lowest BCUT2D eigenvalue weighted by atomic mass is 10.0. The molecule has 2 fully saturated rings. The molecule has 0 bridgehead atoms. The topological polar surface area (TPSA) is 90.9 Å². The van der Waals surface area contributed by atoms with Gasteiger partial charge in [0.15, 0.2) is 5.65 Å². The van der Waals surface area contributed by atoms with E-state index in [0.717, 1.165) is 12.8 Å². The first-order valence-corrected chi connectivity index (χ1v) is 12.4. The first-order chi connectivity index (χ1) is 17.9. The van der Waals surface area contributed by atoms with Crippen molar-refractivity contribution >= 4 is 22.8 Å². The number of piperazine rings is 1. The monoisotopic (exact) mass is 495 g/mol. The minimum atomic E-state index is -0.351. The second-order valence-electron chi connectivity index (χ2n) is 10.2. The largest absolute Gasteiger partial charge is 0.350 e. The van der Waals surface area contributed by atoms with Crippen molar-refractivity contribution in [2.24, 2.45) is 5.41 Å². The lowest BCUT2D eigenvalue weighted by molar-refractivity contribution is -0.137. The zero-order valence-corrected chi connectivity index (χ0v) is 20.7. The third kappa shape index (κ3) is 3.89. The van der Waals surface area contributed by atoms with E-state index in [0.29, 0.717) is 59.0 Å². The Balaban J connectivity index is 1.48. The molecule has 186 valence electrons. The van der Waals surface area contributed by atoms with E-state index in [2.05, 4.69) is 32.8 Å². The molecule has 1 aliphatic heterocycles. The highest BCUT2D eigenvalue weighted by atomic mass is 19.1. The number of rotatable bonds is 4. The molecule has 9 heteroatoms. The van der Waals surface area contributed by atoms with Crippen LogP contribution in [0.15, 0.2) is 55.1 Å². The van der Waals surface area contributed by atoms with Crippen molar-refractivity contribution in [2.75, 3.05) is 24.5 Å². The number of halogens is 1. The van der Waals surface area contributed by atoms with E-state index in [1.165, 1.54) is 12.4 Å². The first kappa shape index (κ1) is 23.1. The van der Waals surface area contributed by atoms with Gasteiger partial charge < -0.3 is 9.80 Å². The van der Waals surface area contributed by atoms with Gasteiger partial charge in [0.05, 0.1) is 17.0 Å². The molecule has 1 atom stereocenters. The second-order valence-corrected chi connectivity index (χ2v) is 10.2. The minimum absolute atomic E-state index is 0.00927. The number of hydrogen-bond acceptors (Lipinski definition) is 6. The molecule has 1 amide bonds. The van der Waals surface area contributed by atoms with Crippen LogP contribution in [0.2, 0.25) is 0 Å². The average molecular weight is 496 g/mol. The Morgan fingerprint density at radius 1 is 1.14 bits per heavy atom. The summed E-state index contributed by atoms with van der Waals surface area (Å²) in [7, 11) is 0. The van der Waals surface area contributed by atoms with Gasteiger partial charge in [0.1, 0.15) is 23.8 Å². The molecule has 4 heterocycles. The molecule has 0 spiro atoms. The van der Waals surface area contributed by atoms with Crippen LogP contribution in [-0.4, -0.2) is 56.0 Å². The highest BCUT2D eigenvalue weighted by Gasteiger charge is 2.48. The van der Waals surface area contributed by atoms with Gasteiger partial charge in [0.2, 0.25) is 5.91 Å². The fraction of sp³-hybridized carbons (Fsp3) is 0.321. The normalized spacial score (nSPS) is 18.6. The average Bonchev–Trinajstić information content (AvgIpc) is 3.56. The molecule has 1 saturated carbocycles. The predicted molar refractivity (Wildman–Crippen MR) is 137 cm³/mol. The number of benzene rings is 1. The SMILES string of the molecule is C[C@H]1CN(C(=O)C2(C)CC2)CCN1c1ncnc2c1c(-c1ccccc1F)cn2-c1cc(C#N)ccn1. The number of pyridine rings is 1. The van der Waals surface area contributed by atoms with Gasteiger partial charge in [-0.05, 0) is 38.0 Å². The molecule has 3 aromatic heterocycles. The molecule has 2 aliphatic rings. The van der Waals surface area contributed by atoms with Crippen LogP contribution in [0.3, 0.4) is 0 Å². The van der Waals surface area contributed by atoms with Crippen molar-refractivity contribution in [3.8, 4) is 23.0 Å². The van der Waals surface area contributed by atoms with E-state index in [1.54, 1.807) is 41.1 Å². The molecule has 0 radical (unpaired) electrons. The van der Waals surface area contributed by atoms with Crippen molar-refractivity contribution < 1.29 is 9.18 Å². The maximum Gasteiger partial charge on any atom is 0.228 e. The van der Waals surface area contributed by atoms with E-state index >= 15 is 4.39 Å². The van der Waals surface area contributed by atoms with E-state index in [9.17, 15) is 10.1 Å². The van der Waals surface area contributed by atoms with Gasteiger partial charge in [-0.2, -0.15) is 5.26 Å².